The third kappa shape index (κ3) is 4.78. The zero-order chi connectivity index (χ0) is 24.6. The van der Waals surface area contributed by atoms with Gasteiger partial charge in [0.2, 0.25) is 0 Å². The van der Waals surface area contributed by atoms with Crippen LogP contribution in [0.1, 0.15) is 61.5 Å². The fraction of sp³-hybridized carbons (Fsp3) is 0.429. The van der Waals surface area contributed by atoms with Gasteiger partial charge in [0.1, 0.15) is 22.7 Å². The highest BCUT2D eigenvalue weighted by Gasteiger charge is 2.32. The lowest BCUT2D eigenvalue weighted by Crippen LogP contribution is -2.33. The summed E-state index contributed by atoms with van der Waals surface area (Å²) >= 11 is 0. The quantitative estimate of drug-likeness (QED) is 0.521. The van der Waals surface area contributed by atoms with E-state index in [1.54, 1.807) is 0 Å². The molecule has 7 heteroatoms. The molecule has 35 heavy (non-hydrogen) atoms. The average molecular weight is 478 g/mol. The van der Waals surface area contributed by atoms with Crippen molar-refractivity contribution < 1.29 is 23.8 Å². The van der Waals surface area contributed by atoms with Gasteiger partial charge < -0.3 is 24.3 Å². The Morgan fingerprint density at radius 3 is 2.63 bits per heavy atom. The maximum Gasteiger partial charge on any atom is 0.339 e. The fourth-order valence-corrected chi connectivity index (χ4v) is 5.03. The van der Waals surface area contributed by atoms with Crippen LogP contribution in [0.15, 0.2) is 45.6 Å². The molecule has 2 aliphatic rings. The van der Waals surface area contributed by atoms with Gasteiger partial charge in [0, 0.05) is 23.7 Å². The van der Waals surface area contributed by atoms with E-state index in [0.717, 1.165) is 54.2 Å². The molecule has 184 valence electrons. The van der Waals surface area contributed by atoms with E-state index in [-0.39, 0.29) is 30.3 Å². The van der Waals surface area contributed by atoms with Gasteiger partial charge in [-0.25, -0.2) is 4.79 Å². The number of amides is 1. The van der Waals surface area contributed by atoms with E-state index in [2.05, 4.69) is 5.32 Å². The van der Waals surface area contributed by atoms with Gasteiger partial charge in [-0.1, -0.05) is 30.3 Å². The molecule has 0 saturated carbocycles. The third-order valence-electron chi connectivity index (χ3n) is 6.92. The first-order chi connectivity index (χ1) is 16.8. The Balaban J connectivity index is 1.43. The van der Waals surface area contributed by atoms with Crippen LogP contribution in [0.2, 0.25) is 0 Å². The van der Waals surface area contributed by atoms with Crippen molar-refractivity contribution in [3.63, 3.8) is 0 Å². The molecule has 3 aromatic rings. The average Bonchev–Trinajstić information content (AvgIpc) is 2.85. The zero-order valence-corrected chi connectivity index (χ0v) is 20.2. The molecule has 1 aliphatic heterocycles. The van der Waals surface area contributed by atoms with Crippen LogP contribution in [0.25, 0.3) is 11.0 Å². The molecular formula is C28H31NO6. The number of aliphatic hydroxyl groups excluding tert-OH is 1. The van der Waals surface area contributed by atoms with E-state index < -0.39 is 6.10 Å². The zero-order valence-electron chi connectivity index (χ0n) is 20.2. The molecule has 0 saturated heterocycles. The van der Waals surface area contributed by atoms with Gasteiger partial charge in [-0.3, -0.25) is 4.79 Å². The van der Waals surface area contributed by atoms with Crippen LogP contribution in [-0.4, -0.2) is 29.8 Å². The summed E-state index contributed by atoms with van der Waals surface area (Å²) in [5.74, 6) is 0.762. The smallest absolute Gasteiger partial charge is 0.339 e. The van der Waals surface area contributed by atoms with E-state index in [1.165, 1.54) is 0 Å². The molecule has 5 rings (SSSR count). The largest absolute Gasteiger partial charge is 0.487 e. The van der Waals surface area contributed by atoms with Crippen LogP contribution < -0.4 is 20.4 Å². The summed E-state index contributed by atoms with van der Waals surface area (Å²) in [7, 11) is 0. The van der Waals surface area contributed by atoms with Gasteiger partial charge in [0.15, 0.2) is 6.61 Å². The monoisotopic (exact) mass is 477 g/mol. The Kier molecular flexibility index (Phi) is 6.28. The van der Waals surface area contributed by atoms with Crippen molar-refractivity contribution in [1.82, 2.24) is 5.32 Å². The SMILES string of the molecule is CC1(C)CCc2c(cc(OCC(=O)NC[C@@H](O)c3ccccc3)c3c4c(c(=O)oc23)CCCC4)O1. The molecule has 2 aromatic carbocycles. The molecule has 7 nitrogen and oxygen atoms in total. The molecule has 2 N–H and O–H groups in total. The molecule has 0 unspecified atom stereocenters. The molecule has 2 heterocycles. The highest BCUT2D eigenvalue weighted by molar-refractivity contribution is 5.92. The summed E-state index contributed by atoms with van der Waals surface area (Å²) in [5.41, 5.74) is 3.16. The maximum atomic E-state index is 12.8. The summed E-state index contributed by atoms with van der Waals surface area (Å²) < 4.78 is 18.1. The van der Waals surface area contributed by atoms with Crippen molar-refractivity contribution in [2.24, 2.45) is 0 Å². The van der Waals surface area contributed by atoms with Crippen molar-refractivity contribution in [1.29, 1.82) is 0 Å². The Morgan fingerprint density at radius 2 is 1.86 bits per heavy atom. The topological polar surface area (TPSA) is 98.0 Å². The molecule has 0 bridgehead atoms. The molecular weight excluding hydrogens is 446 g/mol. The molecule has 1 aliphatic carbocycles. The minimum absolute atomic E-state index is 0.0821. The van der Waals surface area contributed by atoms with Crippen LogP contribution in [0, 0.1) is 0 Å². The Labute approximate surface area is 204 Å². The van der Waals surface area contributed by atoms with Crippen LogP contribution in [0.5, 0.6) is 11.5 Å². The van der Waals surface area contributed by atoms with Gasteiger partial charge in [0.05, 0.1) is 11.5 Å². The molecule has 0 fully saturated rings. The summed E-state index contributed by atoms with van der Waals surface area (Å²) in [6.45, 7) is 3.90. The van der Waals surface area contributed by atoms with Gasteiger partial charge >= 0.3 is 5.63 Å². The molecule has 1 atom stereocenters. The lowest BCUT2D eigenvalue weighted by atomic mass is 9.87. The van der Waals surface area contributed by atoms with E-state index in [4.69, 9.17) is 13.9 Å². The van der Waals surface area contributed by atoms with Crippen LogP contribution in [0.3, 0.4) is 0 Å². The minimum atomic E-state index is -0.804. The summed E-state index contributed by atoms with van der Waals surface area (Å²) in [5, 5.41) is 13.8. The van der Waals surface area contributed by atoms with E-state index in [1.807, 2.05) is 50.2 Å². The van der Waals surface area contributed by atoms with E-state index >= 15 is 0 Å². The molecule has 0 spiro atoms. The number of hydrogen-bond donors (Lipinski definition) is 2. The Bertz CT molecular complexity index is 1310. The van der Waals surface area contributed by atoms with Crippen LogP contribution in [0.4, 0.5) is 0 Å². The number of carbonyl (C=O) groups excluding carboxylic acids is 1. The fourth-order valence-electron chi connectivity index (χ4n) is 5.03. The second kappa shape index (κ2) is 9.38. The van der Waals surface area contributed by atoms with E-state index in [9.17, 15) is 14.7 Å². The third-order valence-corrected chi connectivity index (χ3v) is 6.92. The Morgan fingerprint density at radius 1 is 1.11 bits per heavy atom. The number of benzene rings is 2. The number of aliphatic hydroxyl groups is 1. The molecule has 1 aromatic heterocycles. The van der Waals surface area contributed by atoms with Crippen LogP contribution in [-0.2, 0) is 24.1 Å². The standard InChI is InChI=1S/C28H31NO6/c1-28(2)13-12-20-22(35-28)14-23(25-18-10-6-7-11-19(18)27(32)34-26(20)25)33-16-24(31)29-15-21(30)17-8-4-3-5-9-17/h3-5,8-9,14,21,30H,6-7,10-13,15-16H2,1-2H3,(H,29,31)/t21-/m1/s1. The normalized spacial score (nSPS) is 17.1. The predicted octanol–water partition coefficient (Wildman–Crippen LogP) is 4.00. The summed E-state index contributed by atoms with van der Waals surface area (Å²) in [6, 6.07) is 11.0. The first-order valence-electron chi connectivity index (χ1n) is 12.3. The number of nitrogens with one attached hydrogen (secondary N) is 1. The van der Waals surface area contributed by atoms with Gasteiger partial charge in [-0.05, 0) is 63.5 Å². The van der Waals surface area contributed by atoms with Crippen molar-refractivity contribution in [2.45, 2.75) is 64.1 Å². The lowest BCUT2D eigenvalue weighted by Gasteiger charge is -2.33. The van der Waals surface area contributed by atoms with E-state index in [0.29, 0.717) is 29.1 Å². The highest BCUT2D eigenvalue weighted by atomic mass is 16.5. The minimum Gasteiger partial charge on any atom is -0.487 e. The predicted molar refractivity (Wildman–Crippen MR) is 132 cm³/mol. The highest BCUT2D eigenvalue weighted by Crippen LogP contribution is 2.44. The lowest BCUT2D eigenvalue weighted by molar-refractivity contribution is -0.123. The summed E-state index contributed by atoms with van der Waals surface area (Å²) in [6.07, 6.45) is 4.14. The Hall–Kier alpha value is -3.32. The number of hydrogen-bond acceptors (Lipinski definition) is 6. The number of ether oxygens (including phenoxy) is 2. The maximum absolute atomic E-state index is 12.8. The van der Waals surface area contributed by atoms with Crippen molar-refractivity contribution in [3.05, 3.63) is 69.1 Å². The summed E-state index contributed by atoms with van der Waals surface area (Å²) in [4.78, 5) is 25.4. The number of carbonyl (C=O) groups is 1. The molecule has 0 radical (unpaired) electrons. The van der Waals surface area contributed by atoms with Crippen molar-refractivity contribution in [3.8, 4) is 11.5 Å². The number of aryl methyl sites for hydroxylation is 2. The van der Waals surface area contributed by atoms with Gasteiger partial charge in [-0.15, -0.1) is 0 Å². The first-order valence-corrected chi connectivity index (χ1v) is 12.3. The van der Waals surface area contributed by atoms with Crippen molar-refractivity contribution >= 4 is 16.9 Å². The second-order valence-electron chi connectivity index (χ2n) is 9.99. The van der Waals surface area contributed by atoms with Gasteiger partial charge in [0.25, 0.3) is 5.91 Å². The van der Waals surface area contributed by atoms with Crippen molar-refractivity contribution in [2.75, 3.05) is 13.2 Å². The molecule has 1 amide bonds. The first kappa shape index (κ1) is 23.4. The van der Waals surface area contributed by atoms with Gasteiger partial charge in [-0.2, -0.15) is 0 Å². The number of fused-ring (bicyclic) bond motifs is 5. The number of rotatable bonds is 6. The van der Waals surface area contributed by atoms with Crippen LogP contribution >= 0.6 is 0 Å². The second-order valence-corrected chi connectivity index (χ2v) is 9.99.